The third kappa shape index (κ3) is 4.58. The van der Waals surface area contributed by atoms with Gasteiger partial charge in [-0.25, -0.2) is 4.98 Å². The Morgan fingerprint density at radius 2 is 1.90 bits per heavy atom. The van der Waals surface area contributed by atoms with Gasteiger partial charge in [-0.05, 0) is 57.2 Å². The lowest BCUT2D eigenvalue weighted by Gasteiger charge is -2.13. The molecule has 0 atom stereocenters. The largest absolute Gasteiger partial charge is 0.490 e. The van der Waals surface area contributed by atoms with Gasteiger partial charge in [0, 0.05) is 16.6 Å². The number of aromatic nitrogens is 2. The molecule has 0 unspecified atom stereocenters. The predicted octanol–water partition coefficient (Wildman–Crippen LogP) is 4.16. The second kappa shape index (κ2) is 9.51. The number of carbonyl (C=O) groups excluding carboxylic acids is 1. The van der Waals surface area contributed by atoms with Gasteiger partial charge in [0.15, 0.2) is 11.5 Å². The monoisotopic (exact) mass is 441 g/mol. The zero-order chi connectivity index (χ0) is 21.8. The molecular weight excluding hydrogens is 414 g/mol. The van der Waals surface area contributed by atoms with Gasteiger partial charge in [-0.1, -0.05) is 6.42 Å². The summed E-state index contributed by atoms with van der Waals surface area (Å²) in [6.07, 6.45) is 6.83. The lowest BCUT2D eigenvalue weighted by Crippen LogP contribution is -2.28. The van der Waals surface area contributed by atoms with Gasteiger partial charge < -0.3 is 14.8 Å². The van der Waals surface area contributed by atoms with Gasteiger partial charge in [-0.15, -0.1) is 11.3 Å². The number of aryl methyl sites for hydroxylation is 2. The summed E-state index contributed by atoms with van der Waals surface area (Å²) in [6, 6.07) is 5.26. The highest BCUT2D eigenvalue weighted by Gasteiger charge is 2.20. The summed E-state index contributed by atoms with van der Waals surface area (Å²) in [4.78, 5) is 32.3. The average molecular weight is 442 g/mol. The minimum absolute atomic E-state index is 0.0937. The fourth-order valence-electron chi connectivity index (χ4n) is 3.95. The molecule has 0 spiro atoms. The smallest absolute Gasteiger partial charge is 0.262 e. The molecule has 31 heavy (non-hydrogen) atoms. The van der Waals surface area contributed by atoms with E-state index in [9.17, 15) is 9.59 Å². The Balaban J connectivity index is 1.55. The van der Waals surface area contributed by atoms with E-state index < -0.39 is 0 Å². The number of thiophene rings is 1. The van der Waals surface area contributed by atoms with Crippen LogP contribution in [0.5, 0.6) is 11.5 Å². The Bertz CT molecular complexity index is 1150. The second-order valence-corrected chi connectivity index (χ2v) is 8.58. The first-order valence-electron chi connectivity index (χ1n) is 10.8. The minimum Gasteiger partial charge on any atom is -0.490 e. The van der Waals surface area contributed by atoms with E-state index in [1.807, 2.05) is 13.8 Å². The van der Waals surface area contributed by atoms with Crippen molar-refractivity contribution in [2.24, 2.45) is 0 Å². The number of benzene rings is 1. The molecule has 0 fully saturated rings. The molecule has 0 radical (unpaired) electrons. The Morgan fingerprint density at radius 3 is 2.71 bits per heavy atom. The SMILES string of the molecule is CCOc1ccc(NC(=O)Cn2cnc3sc4c(c3c2=O)CCCCC4)cc1OCC. The van der Waals surface area contributed by atoms with Crippen molar-refractivity contribution in [1.82, 2.24) is 9.55 Å². The molecule has 1 aliphatic carbocycles. The number of fused-ring (bicyclic) bond motifs is 3. The molecule has 0 saturated heterocycles. The first-order valence-corrected chi connectivity index (χ1v) is 11.6. The third-order valence-electron chi connectivity index (χ3n) is 5.33. The normalized spacial score (nSPS) is 13.5. The van der Waals surface area contributed by atoms with Gasteiger partial charge in [0.1, 0.15) is 11.4 Å². The number of anilines is 1. The molecule has 2 aromatic heterocycles. The minimum atomic E-state index is -0.295. The third-order valence-corrected chi connectivity index (χ3v) is 6.53. The number of amides is 1. The second-order valence-electron chi connectivity index (χ2n) is 7.50. The lowest BCUT2D eigenvalue weighted by atomic mass is 10.1. The van der Waals surface area contributed by atoms with E-state index in [-0.39, 0.29) is 18.0 Å². The molecule has 1 aromatic carbocycles. The number of hydrogen-bond donors (Lipinski definition) is 1. The molecule has 2 heterocycles. The van der Waals surface area contributed by atoms with E-state index in [1.54, 1.807) is 29.5 Å². The van der Waals surface area contributed by atoms with E-state index in [2.05, 4.69) is 10.3 Å². The van der Waals surface area contributed by atoms with Gasteiger partial charge >= 0.3 is 0 Å². The van der Waals surface area contributed by atoms with Crippen molar-refractivity contribution in [1.29, 1.82) is 0 Å². The van der Waals surface area contributed by atoms with Crippen LogP contribution in [0.25, 0.3) is 10.2 Å². The van der Waals surface area contributed by atoms with Gasteiger partial charge in [0.05, 0.1) is 24.9 Å². The highest BCUT2D eigenvalue weighted by molar-refractivity contribution is 7.18. The highest BCUT2D eigenvalue weighted by Crippen LogP contribution is 2.33. The van der Waals surface area contributed by atoms with Crippen LogP contribution in [0.1, 0.15) is 43.6 Å². The zero-order valence-electron chi connectivity index (χ0n) is 17.9. The molecule has 0 saturated carbocycles. The molecule has 4 rings (SSSR count). The van der Waals surface area contributed by atoms with Gasteiger partial charge in [-0.3, -0.25) is 14.2 Å². The van der Waals surface area contributed by atoms with Crippen LogP contribution in [0.4, 0.5) is 5.69 Å². The molecule has 7 nitrogen and oxygen atoms in total. The topological polar surface area (TPSA) is 82.5 Å². The van der Waals surface area contributed by atoms with E-state index in [4.69, 9.17) is 9.47 Å². The Morgan fingerprint density at radius 1 is 1.13 bits per heavy atom. The molecule has 3 aromatic rings. The number of carbonyl (C=O) groups is 1. The van der Waals surface area contributed by atoms with Crippen molar-refractivity contribution >= 4 is 33.1 Å². The maximum Gasteiger partial charge on any atom is 0.262 e. The van der Waals surface area contributed by atoms with Crippen molar-refractivity contribution in [3.63, 3.8) is 0 Å². The summed E-state index contributed by atoms with van der Waals surface area (Å²) in [7, 11) is 0. The van der Waals surface area contributed by atoms with E-state index >= 15 is 0 Å². The van der Waals surface area contributed by atoms with Gasteiger partial charge in [0.2, 0.25) is 5.91 Å². The van der Waals surface area contributed by atoms with Crippen molar-refractivity contribution in [2.45, 2.75) is 52.5 Å². The molecule has 0 bridgehead atoms. The molecular formula is C23H27N3O4S. The van der Waals surface area contributed by atoms with Gasteiger partial charge in [-0.2, -0.15) is 0 Å². The van der Waals surface area contributed by atoms with Crippen LogP contribution in [-0.2, 0) is 24.2 Å². The predicted molar refractivity (Wildman–Crippen MR) is 123 cm³/mol. The molecule has 8 heteroatoms. The summed E-state index contributed by atoms with van der Waals surface area (Å²) in [5.41, 5.74) is 1.59. The van der Waals surface area contributed by atoms with E-state index in [0.717, 1.165) is 36.1 Å². The summed E-state index contributed by atoms with van der Waals surface area (Å²) in [5, 5.41) is 3.53. The van der Waals surface area contributed by atoms with E-state index in [0.29, 0.717) is 35.8 Å². The van der Waals surface area contributed by atoms with Crippen molar-refractivity contribution in [2.75, 3.05) is 18.5 Å². The first-order chi connectivity index (χ1) is 15.1. The van der Waals surface area contributed by atoms with Crippen molar-refractivity contribution < 1.29 is 14.3 Å². The lowest BCUT2D eigenvalue weighted by molar-refractivity contribution is -0.116. The zero-order valence-corrected chi connectivity index (χ0v) is 18.7. The van der Waals surface area contributed by atoms with Crippen molar-refractivity contribution in [3.05, 3.63) is 45.3 Å². The Hall–Kier alpha value is -2.87. The van der Waals surface area contributed by atoms with Crippen LogP contribution >= 0.6 is 11.3 Å². The number of ether oxygens (including phenoxy) is 2. The number of rotatable bonds is 7. The van der Waals surface area contributed by atoms with Crippen LogP contribution in [0.15, 0.2) is 29.3 Å². The standard InChI is InChI=1S/C23H27N3O4S/c1-3-29-17-11-10-15(12-18(17)30-4-2)25-20(27)13-26-14-24-22-21(23(26)28)16-8-6-5-7-9-19(16)31-22/h10-12,14H,3-9,13H2,1-2H3,(H,25,27). The number of nitrogens with one attached hydrogen (secondary N) is 1. The summed E-state index contributed by atoms with van der Waals surface area (Å²) in [5.74, 6) is 0.908. The molecule has 1 aliphatic rings. The average Bonchev–Trinajstić information content (AvgIpc) is 2.94. The molecule has 1 amide bonds. The van der Waals surface area contributed by atoms with Crippen LogP contribution in [0.2, 0.25) is 0 Å². The number of hydrogen-bond acceptors (Lipinski definition) is 6. The Kier molecular flexibility index (Phi) is 6.56. The maximum atomic E-state index is 13.1. The summed E-state index contributed by atoms with van der Waals surface area (Å²) < 4.78 is 12.6. The number of nitrogens with zero attached hydrogens (tertiary/aromatic N) is 2. The Labute approximate surface area is 185 Å². The van der Waals surface area contributed by atoms with Crippen LogP contribution in [-0.4, -0.2) is 28.7 Å². The summed E-state index contributed by atoms with van der Waals surface area (Å²) in [6.45, 7) is 4.71. The maximum absolute atomic E-state index is 13.1. The summed E-state index contributed by atoms with van der Waals surface area (Å²) >= 11 is 1.62. The van der Waals surface area contributed by atoms with Crippen molar-refractivity contribution in [3.8, 4) is 11.5 Å². The highest BCUT2D eigenvalue weighted by atomic mass is 32.1. The van der Waals surface area contributed by atoms with Crippen LogP contribution in [0.3, 0.4) is 0 Å². The first kappa shape index (κ1) is 21.4. The van der Waals surface area contributed by atoms with E-state index in [1.165, 1.54) is 22.2 Å². The van der Waals surface area contributed by atoms with Crippen LogP contribution in [0, 0.1) is 0 Å². The molecule has 1 N–H and O–H groups in total. The quantitative estimate of drug-likeness (QED) is 0.557. The fourth-order valence-corrected chi connectivity index (χ4v) is 5.17. The fraction of sp³-hybridized carbons (Fsp3) is 0.435. The van der Waals surface area contributed by atoms with Crippen LogP contribution < -0.4 is 20.3 Å². The molecule has 0 aliphatic heterocycles. The molecule has 164 valence electrons. The van der Waals surface area contributed by atoms with Gasteiger partial charge in [0.25, 0.3) is 5.56 Å².